The van der Waals surface area contributed by atoms with Crippen LogP contribution in [0.4, 0.5) is 0 Å². The largest absolute Gasteiger partial charge is 0.493 e. The van der Waals surface area contributed by atoms with Crippen LogP contribution in [-0.4, -0.2) is 25.8 Å². The van der Waals surface area contributed by atoms with E-state index < -0.39 is 5.60 Å². The zero-order valence-corrected chi connectivity index (χ0v) is 16.8. The van der Waals surface area contributed by atoms with E-state index in [0.717, 1.165) is 43.6 Å². The minimum absolute atomic E-state index is 0.0174. The lowest BCUT2D eigenvalue weighted by Crippen LogP contribution is -2.31. The zero-order valence-electron chi connectivity index (χ0n) is 16.8. The number of carbonyl (C=O) groups excluding carboxylic acids is 1. The van der Waals surface area contributed by atoms with Crippen molar-refractivity contribution in [1.29, 1.82) is 0 Å². The number of ether oxygens (including phenoxy) is 3. The van der Waals surface area contributed by atoms with Gasteiger partial charge in [-0.2, -0.15) is 0 Å². The molecule has 0 aliphatic heterocycles. The van der Waals surface area contributed by atoms with Gasteiger partial charge in [-0.05, 0) is 76.3 Å². The van der Waals surface area contributed by atoms with Crippen molar-refractivity contribution >= 4 is 5.97 Å². The molecule has 1 aromatic rings. The summed E-state index contributed by atoms with van der Waals surface area (Å²) in [6, 6.07) is 4.17. The van der Waals surface area contributed by atoms with Crippen LogP contribution in [0.15, 0.2) is 12.1 Å². The van der Waals surface area contributed by atoms with Crippen molar-refractivity contribution in [2.75, 3.05) is 14.2 Å². The highest BCUT2D eigenvalue weighted by atomic mass is 16.6. The predicted molar refractivity (Wildman–Crippen MR) is 102 cm³/mol. The lowest BCUT2D eigenvalue weighted by molar-refractivity contribution is -0.160. The number of fused-ring (bicyclic) bond motifs is 2. The number of rotatable bonds is 3. The van der Waals surface area contributed by atoms with E-state index in [-0.39, 0.29) is 11.9 Å². The van der Waals surface area contributed by atoms with Gasteiger partial charge < -0.3 is 14.2 Å². The average Bonchev–Trinajstić information content (AvgIpc) is 2.79. The second kappa shape index (κ2) is 7.50. The van der Waals surface area contributed by atoms with Gasteiger partial charge in [-0.25, -0.2) is 0 Å². The molecule has 3 unspecified atom stereocenters. The molecular weight excluding hydrogens is 328 g/mol. The lowest BCUT2D eigenvalue weighted by atomic mass is 9.72. The number of esters is 1. The van der Waals surface area contributed by atoms with E-state index >= 15 is 0 Å². The first kappa shape index (κ1) is 19.1. The summed E-state index contributed by atoms with van der Waals surface area (Å²) in [7, 11) is 3.41. The van der Waals surface area contributed by atoms with Gasteiger partial charge in [0.1, 0.15) is 5.60 Å². The van der Waals surface area contributed by atoms with Crippen molar-refractivity contribution in [3.05, 3.63) is 23.3 Å². The molecule has 0 aromatic heterocycles. The highest BCUT2D eigenvalue weighted by Crippen LogP contribution is 2.45. The molecule has 0 amide bonds. The van der Waals surface area contributed by atoms with E-state index in [4.69, 9.17) is 14.2 Å². The molecule has 1 aromatic carbocycles. The normalized spacial score (nSPS) is 25.5. The van der Waals surface area contributed by atoms with Gasteiger partial charge in [0.05, 0.1) is 20.1 Å². The summed E-state index contributed by atoms with van der Waals surface area (Å²) < 4.78 is 16.8. The van der Waals surface area contributed by atoms with E-state index in [1.807, 2.05) is 26.8 Å². The smallest absolute Gasteiger partial charge is 0.309 e. The molecule has 0 heterocycles. The first-order chi connectivity index (χ1) is 12.3. The van der Waals surface area contributed by atoms with Gasteiger partial charge in [0, 0.05) is 5.56 Å². The number of carbonyl (C=O) groups is 1. The van der Waals surface area contributed by atoms with E-state index in [1.54, 1.807) is 14.2 Å². The topological polar surface area (TPSA) is 44.8 Å². The van der Waals surface area contributed by atoms with Crippen molar-refractivity contribution in [1.82, 2.24) is 0 Å². The second-order valence-electron chi connectivity index (χ2n) is 8.76. The van der Waals surface area contributed by atoms with Gasteiger partial charge in [0.15, 0.2) is 11.5 Å². The molecule has 144 valence electrons. The molecule has 1 saturated carbocycles. The Bertz CT molecular complexity index is 659. The van der Waals surface area contributed by atoms with Gasteiger partial charge in [-0.15, -0.1) is 0 Å². The van der Waals surface area contributed by atoms with E-state index in [2.05, 4.69) is 6.07 Å². The van der Waals surface area contributed by atoms with Crippen LogP contribution in [0.3, 0.4) is 0 Å². The average molecular weight is 360 g/mol. The van der Waals surface area contributed by atoms with Crippen molar-refractivity contribution in [2.45, 2.75) is 64.9 Å². The van der Waals surface area contributed by atoms with Crippen LogP contribution < -0.4 is 9.47 Å². The molecular formula is C22H32O4. The molecule has 2 aliphatic carbocycles. The lowest BCUT2D eigenvalue weighted by Gasteiger charge is -2.34. The fourth-order valence-electron chi connectivity index (χ4n) is 4.65. The number of hydrogen-bond donors (Lipinski definition) is 0. The zero-order chi connectivity index (χ0) is 18.9. The molecule has 0 radical (unpaired) electrons. The summed E-state index contributed by atoms with van der Waals surface area (Å²) in [5, 5.41) is 0. The molecule has 3 atom stereocenters. The molecule has 3 rings (SSSR count). The Balaban J connectivity index is 1.80. The maximum atomic E-state index is 12.6. The van der Waals surface area contributed by atoms with Crippen LogP contribution in [0.2, 0.25) is 0 Å². The summed E-state index contributed by atoms with van der Waals surface area (Å²) >= 11 is 0. The van der Waals surface area contributed by atoms with E-state index in [1.165, 1.54) is 17.5 Å². The highest BCUT2D eigenvalue weighted by Gasteiger charge is 2.37. The van der Waals surface area contributed by atoms with Gasteiger partial charge in [0.25, 0.3) is 0 Å². The van der Waals surface area contributed by atoms with Crippen LogP contribution >= 0.6 is 0 Å². The Labute approximate surface area is 157 Å². The molecule has 0 N–H and O–H groups in total. The summed E-state index contributed by atoms with van der Waals surface area (Å²) in [5.41, 5.74) is 2.23. The van der Waals surface area contributed by atoms with Crippen LogP contribution in [0.1, 0.15) is 57.6 Å². The molecule has 1 fully saturated rings. The Kier molecular flexibility index (Phi) is 5.50. The molecule has 4 nitrogen and oxygen atoms in total. The number of hydrogen-bond acceptors (Lipinski definition) is 4. The summed E-state index contributed by atoms with van der Waals surface area (Å²) in [6.07, 6.45) is 6.17. The first-order valence-electron chi connectivity index (χ1n) is 9.78. The van der Waals surface area contributed by atoms with Crippen molar-refractivity contribution < 1.29 is 19.0 Å². The SMILES string of the molecule is COc1ccc2c(c1OC)CC1CCCC(C(=O)OC(C)(C)C)CC1C2. The third-order valence-electron chi connectivity index (χ3n) is 5.82. The fraction of sp³-hybridized carbons (Fsp3) is 0.682. The summed E-state index contributed by atoms with van der Waals surface area (Å²) in [6.45, 7) is 5.84. The van der Waals surface area contributed by atoms with Crippen LogP contribution in [0.5, 0.6) is 11.5 Å². The van der Waals surface area contributed by atoms with Crippen LogP contribution in [0.25, 0.3) is 0 Å². The third-order valence-corrected chi connectivity index (χ3v) is 5.82. The molecule has 26 heavy (non-hydrogen) atoms. The Morgan fingerprint density at radius 2 is 1.81 bits per heavy atom. The summed E-state index contributed by atoms with van der Waals surface area (Å²) in [4.78, 5) is 12.6. The van der Waals surface area contributed by atoms with Gasteiger partial charge >= 0.3 is 5.97 Å². The van der Waals surface area contributed by atoms with Crippen LogP contribution in [0, 0.1) is 17.8 Å². The third kappa shape index (κ3) is 3.99. The maximum Gasteiger partial charge on any atom is 0.309 e. The molecule has 0 saturated heterocycles. The van der Waals surface area contributed by atoms with Gasteiger partial charge in [-0.1, -0.05) is 12.5 Å². The van der Waals surface area contributed by atoms with E-state index in [0.29, 0.717) is 11.8 Å². The molecule has 0 spiro atoms. The van der Waals surface area contributed by atoms with Crippen molar-refractivity contribution in [3.63, 3.8) is 0 Å². The van der Waals surface area contributed by atoms with Gasteiger partial charge in [0.2, 0.25) is 0 Å². The first-order valence-corrected chi connectivity index (χ1v) is 9.78. The Hall–Kier alpha value is -1.71. The Morgan fingerprint density at radius 1 is 1.04 bits per heavy atom. The van der Waals surface area contributed by atoms with Crippen molar-refractivity contribution in [3.8, 4) is 11.5 Å². The highest BCUT2D eigenvalue weighted by molar-refractivity contribution is 5.73. The molecule has 0 bridgehead atoms. The minimum atomic E-state index is -0.411. The van der Waals surface area contributed by atoms with E-state index in [9.17, 15) is 4.79 Å². The predicted octanol–water partition coefficient (Wildman–Crippen LogP) is 4.57. The minimum Gasteiger partial charge on any atom is -0.493 e. The maximum absolute atomic E-state index is 12.6. The fourth-order valence-corrected chi connectivity index (χ4v) is 4.65. The number of benzene rings is 1. The second-order valence-corrected chi connectivity index (χ2v) is 8.76. The Morgan fingerprint density at radius 3 is 2.46 bits per heavy atom. The summed E-state index contributed by atoms with van der Waals surface area (Å²) in [5.74, 6) is 2.86. The monoisotopic (exact) mass is 360 g/mol. The van der Waals surface area contributed by atoms with Crippen molar-refractivity contribution in [2.24, 2.45) is 17.8 Å². The van der Waals surface area contributed by atoms with Crippen LogP contribution in [-0.2, 0) is 22.4 Å². The van der Waals surface area contributed by atoms with Gasteiger partial charge in [-0.3, -0.25) is 4.79 Å². The molecule has 4 heteroatoms. The standard InChI is InChI=1S/C22H32O4/c1-22(2,3)26-21(23)16-8-6-7-14-13-18-15(11-17(14)12-16)9-10-19(24-4)20(18)25-5/h9-10,14,16-17H,6-8,11-13H2,1-5H3. The quantitative estimate of drug-likeness (QED) is 0.741. The number of methoxy groups -OCH3 is 2. The molecule has 2 aliphatic rings.